The number of aromatic nitrogens is 1. The Bertz CT molecular complexity index is 681. The molecule has 1 saturated heterocycles. The fourth-order valence-corrected chi connectivity index (χ4v) is 3.34. The summed E-state index contributed by atoms with van der Waals surface area (Å²) in [7, 11) is 0. The van der Waals surface area contributed by atoms with Crippen LogP contribution in [-0.4, -0.2) is 34.0 Å². The predicted octanol–water partition coefficient (Wildman–Crippen LogP) is 3.66. The van der Waals surface area contributed by atoms with Crippen molar-refractivity contribution < 1.29 is 9.90 Å². The van der Waals surface area contributed by atoms with Crippen LogP contribution in [0.15, 0.2) is 41.8 Å². The van der Waals surface area contributed by atoms with Crippen LogP contribution < -0.4 is 0 Å². The second kappa shape index (κ2) is 6.42. The Morgan fingerprint density at radius 3 is 2.59 bits per heavy atom. The summed E-state index contributed by atoms with van der Waals surface area (Å²) in [5, 5.41) is 12.0. The molecule has 1 N–H and O–H groups in total. The van der Waals surface area contributed by atoms with E-state index in [1.807, 2.05) is 12.1 Å². The Labute approximate surface area is 133 Å². The molecule has 0 aliphatic carbocycles. The zero-order chi connectivity index (χ0) is 15.5. The first-order valence-corrected chi connectivity index (χ1v) is 8.17. The molecule has 4 nitrogen and oxygen atoms in total. The molecule has 0 radical (unpaired) electrons. The Balaban J connectivity index is 1.68. The molecular weight excluding hydrogens is 296 g/mol. The topological polar surface area (TPSA) is 53.4 Å². The first-order chi connectivity index (χ1) is 10.6. The number of carboxylic acid groups (broad SMARTS) is 1. The number of piperidine rings is 1. The average molecular weight is 314 g/mol. The van der Waals surface area contributed by atoms with Gasteiger partial charge >= 0.3 is 5.97 Å². The molecule has 0 saturated carbocycles. The molecule has 0 bridgehead atoms. The molecular formula is C17H18N2O2S. The van der Waals surface area contributed by atoms with E-state index in [1.54, 1.807) is 23.5 Å². The molecule has 1 aliphatic rings. The number of carboxylic acids is 1. The Morgan fingerprint density at radius 2 is 1.95 bits per heavy atom. The van der Waals surface area contributed by atoms with Gasteiger partial charge in [0.15, 0.2) is 0 Å². The van der Waals surface area contributed by atoms with Crippen molar-refractivity contribution in [3.8, 4) is 10.6 Å². The molecule has 1 aromatic heterocycles. The van der Waals surface area contributed by atoms with Gasteiger partial charge in [0.1, 0.15) is 5.01 Å². The predicted molar refractivity (Wildman–Crippen MR) is 88.2 cm³/mol. The van der Waals surface area contributed by atoms with Crippen LogP contribution >= 0.6 is 11.3 Å². The molecule has 1 aromatic carbocycles. The number of hydrogen-bond acceptors (Lipinski definition) is 4. The van der Waals surface area contributed by atoms with E-state index < -0.39 is 5.97 Å². The lowest BCUT2D eigenvalue weighted by atomic mass is 10.1. The number of aromatic carboxylic acids is 1. The quantitative estimate of drug-likeness (QED) is 0.875. The summed E-state index contributed by atoms with van der Waals surface area (Å²) in [6.07, 6.45) is 2.15. The van der Waals surface area contributed by atoms with Crippen LogP contribution in [0.4, 0.5) is 0 Å². The smallest absolute Gasteiger partial charge is 0.335 e. The van der Waals surface area contributed by atoms with Gasteiger partial charge in [-0.3, -0.25) is 4.90 Å². The van der Waals surface area contributed by atoms with E-state index in [9.17, 15) is 4.79 Å². The third kappa shape index (κ3) is 3.43. The summed E-state index contributed by atoms with van der Waals surface area (Å²) >= 11 is 1.60. The lowest BCUT2D eigenvalue weighted by Gasteiger charge is -2.26. The molecule has 1 aliphatic heterocycles. The number of carbonyl (C=O) groups is 1. The molecule has 2 heterocycles. The van der Waals surface area contributed by atoms with Gasteiger partial charge in [0.05, 0.1) is 11.3 Å². The summed E-state index contributed by atoms with van der Waals surface area (Å²) in [5.74, 6) is -0.905. The Hall–Kier alpha value is -1.98. The first kappa shape index (κ1) is 14.9. The molecule has 0 unspecified atom stereocenters. The summed E-state index contributed by atoms with van der Waals surface area (Å²) in [6, 6.07) is 6.87. The number of hydrogen-bond donors (Lipinski definition) is 1. The van der Waals surface area contributed by atoms with Gasteiger partial charge in [-0.05, 0) is 25.0 Å². The van der Waals surface area contributed by atoms with Crippen LogP contribution in [-0.2, 0) is 6.54 Å². The van der Waals surface area contributed by atoms with Crippen molar-refractivity contribution in [1.29, 1.82) is 0 Å². The van der Waals surface area contributed by atoms with Gasteiger partial charge in [0, 0.05) is 30.6 Å². The van der Waals surface area contributed by atoms with E-state index in [4.69, 9.17) is 5.11 Å². The number of thiazole rings is 1. The standard InChI is InChI=1S/C17H18N2O2S/c1-12-6-8-19(9-7-12)10-15-11-22-16(18-15)13-2-4-14(5-3-13)17(20)21/h2-5,11H,1,6-10H2,(H,20,21). The highest BCUT2D eigenvalue weighted by atomic mass is 32.1. The lowest BCUT2D eigenvalue weighted by molar-refractivity contribution is 0.0697. The Kier molecular flexibility index (Phi) is 4.36. The molecule has 0 spiro atoms. The van der Waals surface area contributed by atoms with E-state index in [2.05, 4.69) is 21.8 Å². The van der Waals surface area contributed by atoms with Crippen molar-refractivity contribution in [2.24, 2.45) is 0 Å². The highest BCUT2D eigenvalue weighted by Gasteiger charge is 2.14. The van der Waals surface area contributed by atoms with Gasteiger partial charge < -0.3 is 5.11 Å². The van der Waals surface area contributed by atoms with Crippen molar-refractivity contribution in [1.82, 2.24) is 9.88 Å². The van der Waals surface area contributed by atoms with E-state index in [0.29, 0.717) is 5.56 Å². The van der Waals surface area contributed by atoms with E-state index in [1.165, 1.54) is 5.57 Å². The third-order valence-corrected chi connectivity index (χ3v) is 4.82. The van der Waals surface area contributed by atoms with Crippen LogP contribution in [0.2, 0.25) is 0 Å². The average Bonchev–Trinajstić information content (AvgIpc) is 2.98. The van der Waals surface area contributed by atoms with Crippen molar-refractivity contribution in [3.05, 3.63) is 53.1 Å². The second-order valence-corrected chi connectivity index (χ2v) is 6.41. The highest BCUT2D eigenvalue weighted by Crippen LogP contribution is 2.25. The maximum absolute atomic E-state index is 10.9. The van der Waals surface area contributed by atoms with Crippen LogP contribution in [0, 0.1) is 0 Å². The van der Waals surface area contributed by atoms with Crippen LogP contribution in [0.5, 0.6) is 0 Å². The first-order valence-electron chi connectivity index (χ1n) is 7.29. The minimum atomic E-state index is -0.905. The normalized spacial score (nSPS) is 15.9. The minimum absolute atomic E-state index is 0.300. The largest absolute Gasteiger partial charge is 0.478 e. The van der Waals surface area contributed by atoms with Crippen LogP contribution in [0.3, 0.4) is 0 Å². The highest BCUT2D eigenvalue weighted by molar-refractivity contribution is 7.13. The third-order valence-electron chi connectivity index (χ3n) is 3.88. The van der Waals surface area contributed by atoms with Gasteiger partial charge in [-0.15, -0.1) is 11.3 Å². The summed E-state index contributed by atoms with van der Waals surface area (Å²) in [5.41, 5.74) is 3.69. The molecule has 114 valence electrons. The van der Waals surface area contributed by atoms with Crippen molar-refractivity contribution in [2.45, 2.75) is 19.4 Å². The van der Waals surface area contributed by atoms with Crippen molar-refractivity contribution >= 4 is 17.3 Å². The monoisotopic (exact) mass is 314 g/mol. The van der Waals surface area contributed by atoms with Gasteiger partial charge in [0.2, 0.25) is 0 Å². The lowest BCUT2D eigenvalue weighted by Crippen LogP contribution is -2.30. The summed E-state index contributed by atoms with van der Waals surface area (Å²) < 4.78 is 0. The zero-order valence-electron chi connectivity index (χ0n) is 12.3. The molecule has 3 rings (SSSR count). The summed E-state index contributed by atoms with van der Waals surface area (Å²) in [6.45, 7) is 7.02. The number of rotatable bonds is 4. The fraction of sp³-hybridized carbons (Fsp3) is 0.294. The molecule has 5 heteroatoms. The molecule has 1 fully saturated rings. The number of benzene rings is 1. The number of likely N-dealkylation sites (tertiary alicyclic amines) is 1. The maximum atomic E-state index is 10.9. The molecule has 22 heavy (non-hydrogen) atoms. The van der Waals surface area contributed by atoms with E-state index >= 15 is 0 Å². The fourth-order valence-electron chi connectivity index (χ4n) is 2.52. The maximum Gasteiger partial charge on any atom is 0.335 e. The van der Waals surface area contributed by atoms with Gasteiger partial charge in [-0.1, -0.05) is 24.3 Å². The van der Waals surface area contributed by atoms with E-state index in [-0.39, 0.29) is 0 Å². The SMILES string of the molecule is C=C1CCN(Cc2csc(-c3ccc(C(=O)O)cc3)n2)CC1. The van der Waals surface area contributed by atoms with Crippen LogP contribution in [0.1, 0.15) is 28.9 Å². The zero-order valence-corrected chi connectivity index (χ0v) is 13.1. The molecule has 0 atom stereocenters. The van der Waals surface area contributed by atoms with Crippen molar-refractivity contribution in [3.63, 3.8) is 0 Å². The van der Waals surface area contributed by atoms with Gasteiger partial charge in [-0.2, -0.15) is 0 Å². The number of nitrogens with zero attached hydrogens (tertiary/aromatic N) is 2. The van der Waals surface area contributed by atoms with Crippen LogP contribution in [0.25, 0.3) is 10.6 Å². The van der Waals surface area contributed by atoms with Crippen molar-refractivity contribution in [2.75, 3.05) is 13.1 Å². The Morgan fingerprint density at radius 1 is 1.27 bits per heavy atom. The second-order valence-electron chi connectivity index (χ2n) is 5.55. The molecule has 0 amide bonds. The minimum Gasteiger partial charge on any atom is -0.478 e. The van der Waals surface area contributed by atoms with Gasteiger partial charge in [-0.25, -0.2) is 9.78 Å². The van der Waals surface area contributed by atoms with E-state index in [0.717, 1.165) is 48.7 Å². The summed E-state index contributed by atoms with van der Waals surface area (Å²) in [4.78, 5) is 18.0. The molecule has 2 aromatic rings. The van der Waals surface area contributed by atoms with Gasteiger partial charge in [0.25, 0.3) is 0 Å².